The van der Waals surface area contributed by atoms with E-state index in [2.05, 4.69) is 19.9 Å². The highest BCUT2D eigenvalue weighted by Crippen LogP contribution is 2.33. The second-order valence-electron chi connectivity index (χ2n) is 6.95. The summed E-state index contributed by atoms with van der Waals surface area (Å²) in [4.78, 5) is 13.5. The summed E-state index contributed by atoms with van der Waals surface area (Å²) in [5, 5.41) is 4.09. The Bertz CT molecular complexity index is 1350. The van der Waals surface area contributed by atoms with Crippen LogP contribution in [0, 0.1) is 6.92 Å². The number of halogens is 1. The number of anilines is 2. The van der Waals surface area contributed by atoms with Crippen LogP contribution in [0.1, 0.15) is 5.89 Å². The molecule has 3 aromatic heterocycles. The van der Waals surface area contributed by atoms with Crippen LogP contribution in [0.5, 0.6) is 0 Å². The van der Waals surface area contributed by atoms with Gasteiger partial charge in [-0.25, -0.2) is 9.97 Å². The van der Waals surface area contributed by atoms with Crippen LogP contribution in [-0.4, -0.2) is 19.5 Å². The van der Waals surface area contributed by atoms with Crippen LogP contribution in [0.4, 0.5) is 11.4 Å². The molecule has 3 heterocycles. The fourth-order valence-electron chi connectivity index (χ4n) is 3.45. The second-order valence-corrected chi connectivity index (χ2v) is 7.36. The van der Waals surface area contributed by atoms with Crippen LogP contribution in [0.25, 0.3) is 33.9 Å². The lowest BCUT2D eigenvalue weighted by Crippen LogP contribution is -1.93. The van der Waals surface area contributed by atoms with Gasteiger partial charge >= 0.3 is 0 Å². The van der Waals surface area contributed by atoms with Crippen LogP contribution < -0.4 is 5.32 Å². The van der Waals surface area contributed by atoms with Crippen molar-refractivity contribution in [1.82, 2.24) is 19.5 Å². The van der Waals surface area contributed by atoms with Gasteiger partial charge in [-0.05, 0) is 36.4 Å². The molecule has 0 amide bonds. The van der Waals surface area contributed by atoms with Gasteiger partial charge in [0.25, 0.3) is 0 Å². The van der Waals surface area contributed by atoms with Gasteiger partial charge in [0.1, 0.15) is 17.0 Å². The number of oxazole rings is 1. The van der Waals surface area contributed by atoms with Crippen LogP contribution in [-0.2, 0) is 7.05 Å². The van der Waals surface area contributed by atoms with E-state index in [0.29, 0.717) is 16.7 Å². The largest absolute Gasteiger partial charge is 0.439 e. The Kier molecular flexibility index (Phi) is 4.48. The molecule has 1 N–H and O–H groups in total. The average molecular weight is 416 g/mol. The molecule has 0 spiro atoms. The lowest BCUT2D eigenvalue weighted by Gasteiger charge is -2.07. The highest BCUT2D eigenvalue weighted by Gasteiger charge is 2.15. The molecular formula is C23H18ClN5O. The molecule has 0 atom stereocenters. The van der Waals surface area contributed by atoms with E-state index in [4.69, 9.17) is 21.0 Å². The van der Waals surface area contributed by atoms with E-state index in [1.54, 1.807) is 12.4 Å². The van der Waals surface area contributed by atoms with Crippen molar-refractivity contribution in [3.8, 4) is 22.8 Å². The van der Waals surface area contributed by atoms with Crippen molar-refractivity contribution in [3.05, 3.63) is 77.9 Å². The van der Waals surface area contributed by atoms with E-state index in [9.17, 15) is 0 Å². The first kappa shape index (κ1) is 18.4. The standard InChI is InChI=1S/C23H18ClN5O/c1-14-25-13-21(30-14)18-11-10-15(12-26-18)27-19-8-5-9-20-22(19)28-23(29(20)2)16-6-3-4-7-17(16)24/h3-13,27H,1-2H3. The molecule has 0 aliphatic carbocycles. The summed E-state index contributed by atoms with van der Waals surface area (Å²) in [6.07, 6.45) is 3.44. The summed E-state index contributed by atoms with van der Waals surface area (Å²) >= 11 is 6.41. The number of fused-ring (bicyclic) bond motifs is 1. The number of aromatic nitrogens is 4. The molecule has 5 rings (SSSR count). The van der Waals surface area contributed by atoms with Gasteiger partial charge in [-0.3, -0.25) is 4.98 Å². The zero-order valence-electron chi connectivity index (χ0n) is 16.4. The fraction of sp³-hybridized carbons (Fsp3) is 0.0870. The lowest BCUT2D eigenvalue weighted by molar-refractivity contribution is 0.532. The van der Waals surface area contributed by atoms with Crippen molar-refractivity contribution in [2.24, 2.45) is 7.05 Å². The smallest absolute Gasteiger partial charge is 0.191 e. The maximum atomic E-state index is 6.41. The number of para-hydroxylation sites is 1. The highest BCUT2D eigenvalue weighted by molar-refractivity contribution is 6.33. The first-order valence-electron chi connectivity index (χ1n) is 9.46. The molecule has 148 valence electrons. The van der Waals surface area contributed by atoms with Gasteiger partial charge in [-0.1, -0.05) is 29.8 Å². The number of hydrogen-bond donors (Lipinski definition) is 1. The summed E-state index contributed by atoms with van der Waals surface area (Å²) in [5.74, 6) is 2.08. The Morgan fingerprint density at radius 1 is 0.967 bits per heavy atom. The van der Waals surface area contributed by atoms with E-state index in [0.717, 1.165) is 39.5 Å². The van der Waals surface area contributed by atoms with Crippen molar-refractivity contribution in [2.45, 2.75) is 6.92 Å². The van der Waals surface area contributed by atoms with Crippen LogP contribution in [0.15, 0.2) is 71.4 Å². The van der Waals surface area contributed by atoms with Crippen LogP contribution >= 0.6 is 11.6 Å². The maximum Gasteiger partial charge on any atom is 0.191 e. The van der Waals surface area contributed by atoms with Crippen molar-refractivity contribution >= 4 is 34.0 Å². The summed E-state index contributed by atoms with van der Waals surface area (Å²) in [5.41, 5.74) is 5.26. The summed E-state index contributed by atoms with van der Waals surface area (Å²) < 4.78 is 7.59. The topological polar surface area (TPSA) is 68.8 Å². The van der Waals surface area contributed by atoms with E-state index in [1.807, 2.05) is 68.6 Å². The van der Waals surface area contributed by atoms with E-state index >= 15 is 0 Å². The SMILES string of the molecule is Cc1ncc(-c2ccc(Nc3cccc4c3nc(-c3ccccc3Cl)n4C)cn2)o1. The minimum Gasteiger partial charge on any atom is -0.439 e. The van der Waals surface area contributed by atoms with Crippen molar-refractivity contribution in [1.29, 1.82) is 0 Å². The number of nitrogens with one attached hydrogen (secondary N) is 1. The number of benzene rings is 2. The first-order valence-corrected chi connectivity index (χ1v) is 9.84. The predicted molar refractivity (Wildman–Crippen MR) is 119 cm³/mol. The number of aryl methyl sites for hydroxylation is 2. The van der Waals surface area contributed by atoms with Crippen molar-refractivity contribution in [2.75, 3.05) is 5.32 Å². The lowest BCUT2D eigenvalue weighted by atomic mass is 10.2. The molecule has 30 heavy (non-hydrogen) atoms. The third kappa shape index (κ3) is 3.21. The van der Waals surface area contributed by atoms with Crippen LogP contribution in [0.2, 0.25) is 5.02 Å². The molecule has 0 saturated heterocycles. The zero-order valence-corrected chi connectivity index (χ0v) is 17.2. The Balaban J connectivity index is 1.51. The molecule has 0 bridgehead atoms. The second kappa shape index (κ2) is 7.31. The molecule has 0 aliphatic heterocycles. The summed E-state index contributed by atoms with van der Waals surface area (Å²) in [6, 6.07) is 17.6. The van der Waals surface area contributed by atoms with E-state index in [-0.39, 0.29) is 0 Å². The summed E-state index contributed by atoms with van der Waals surface area (Å²) in [6.45, 7) is 1.81. The molecule has 0 unspecified atom stereocenters. The minimum absolute atomic E-state index is 0.616. The number of rotatable bonds is 4. The van der Waals surface area contributed by atoms with Gasteiger partial charge in [0.2, 0.25) is 0 Å². The molecule has 7 heteroatoms. The zero-order chi connectivity index (χ0) is 20.7. The van der Waals surface area contributed by atoms with Crippen molar-refractivity contribution in [3.63, 3.8) is 0 Å². The number of imidazole rings is 1. The van der Waals surface area contributed by atoms with Gasteiger partial charge in [0.05, 0.1) is 34.3 Å². The molecule has 5 aromatic rings. The third-order valence-electron chi connectivity index (χ3n) is 4.94. The third-order valence-corrected chi connectivity index (χ3v) is 5.27. The normalized spacial score (nSPS) is 11.2. The van der Waals surface area contributed by atoms with E-state index in [1.165, 1.54) is 0 Å². The molecule has 0 saturated carbocycles. The van der Waals surface area contributed by atoms with Gasteiger partial charge < -0.3 is 14.3 Å². The molecule has 0 aliphatic rings. The van der Waals surface area contributed by atoms with E-state index < -0.39 is 0 Å². The Morgan fingerprint density at radius 2 is 1.83 bits per heavy atom. The highest BCUT2D eigenvalue weighted by atomic mass is 35.5. The molecule has 0 radical (unpaired) electrons. The Labute approximate surface area is 178 Å². The average Bonchev–Trinajstić information content (AvgIpc) is 3.33. The number of pyridine rings is 1. The Morgan fingerprint density at radius 3 is 2.57 bits per heavy atom. The molecule has 2 aromatic carbocycles. The van der Waals surface area contributed by atoms with Gasteiger partial charge in [-0.2, -0.15) is 0 Å². The maximum absolute atomic E-state index is 6.41. The predicted octanol–water partition coefficient (Wildman–Crippen LogP) is 6.00. The molecular weight excluding hydrogens is 398 g/mol. The van der Waals surface area contributed by atoms with Gasteiger partial charge in [0, 0.05) is 19.5 Å². The molecule has 6 nitrogen and oxygen atoms in total. The quantitative estimate of drug-likeness (QED) is 0.390. The summed E-state index contributed by atoms with van der Waals surface area (Å²) in [7, 11) is 1.99. The van der Waals surface area contributed by atoms with Gasteiger partial charge in [0.15, 0.2) is 11.7 Å². The van der Waals surface area contributed by atoms with Gasteiger partial charge in [-0.15, -0.1) is 0 Å². The Hall–Kier alpha value is -3.64. The fourth-order valence-corrected chi connectivity index (χ4v) is 3.67. The monoisotopic (exact) mass is 415 g/mol. The minimum atomic E-state index is 0.616. The number of hydrogen-bond acceptors (Lipinski definition) is 5. The number of nitrogens with zero attached hydrogens (tertiary/aromatic N) is 4. The first-order chi connectivity index (χ1) is 14.6. The molecule has 0 fully saturated rings. The van der Waals surface area contributed by atoms with Crippen molar-refractivity contribution < 1.29 is 4.42 Å². The van der Waals surface area contributed by atoms with Crippen LogP contribution in [0.3, 0.4) is 0 Å².